The van der Waals surface area contributed by atoms with Crippen LogP contribution < -0.4 is 10.1 Å². The molecule has 1 heterocycles. The van der Waals surface area contributed by atoms with Crippen molar-refractivity contribution in [2.45, 2.75) is 20.1 Å². The van der Waals surface area contributed by atoms with E-state index in [2.05, 4.69) is 21.2 Å². The molecule has 1 aromatic heterocycles. The third-order valence-electron chi connectivity index (χ3n) is 2.81. The number of halogens is 1. The number of benzene rings is 1. The molecule has 0 saturated heterocycles. The van der Waals surface area contributed by atoms with E-state index in [0.717, 1.165) is 21.5 Å². The van der Waals surface area contributed by atoms with E-state index in [0.29, 0.717) is 18.9 Å². The van der Waals surface area contributed by atoms with Gasteiger partial charge in [-0.25, -0.2) is 0 Å². The average Bonchev–Trinajstić information content (AvgIpc) is 2.88. The fourth-order valence-electron chi connectivity index (χ4n) is 1.80. The normalized spacial score (nSPS) is 10.6. The number of nitrogens with one attached hydrogen (secondary N) is 1. The molecule has 1 aromatic carbocycles. The number of nitro groups is 1. The number of thiophene rings is 1. The predicted molar refractivity (Wildman–Crippen MR) is 86.8 cm³/mol. The summed E-state index contributed by atoms with van der Waals surface area (Å²) in [6.07, 6.45) is 0. The molecule has 0 amide bonds. The van der Waals surface area contributed by atoms with Crippen molar-refractivity contribution in [3.63, 3.8) is 0 Å². The van der Waals surface area contributed by atoms with Crippen LogP contribution in [0.1, 0.15) is 17.4 Å². The van der Waals surface area contributed by atoms with Gasteiger partial charge < -0.3 is 10.1 Å². The lowest BCUT2D eigenvalue weighted by Gasteiger charge is -2.11. The van der Waals surface area contributed by atoms with Gasteiger partial charge >= 0.3 is 0 Å². The molecular formula is C14H15BrN2O3S. The van der Waals surface area contributed by atoms with E-state index >= 15 is 0 Å². The number of ether oxygens (including phenoxy) is 1. The highest BCUT2D eigenvalue weighted by molar-refractivity contribution is 9.10. The van der Waals surface area contributed by atoms with Crippen LogP contribution in [0.4, 0.5) is 5.69 Å². The molecule has 21 heavy (non-hydrogen) atoms. The van der Waals surface area contributed by atoms with Crippen molar-refractivity contribution >= 4 is 33.0 Å². The second kappa shape index (κ2) is 7.53. The number of non-ortho nitro benzene ring substituents is 1. The van der Waals surface area contributed by atoms with Crippen molar-refractivity contribution in [2.24, 2.45) is 0 Å². The first-order chi connectivity index (χ1) is 10.1. The Morgan fingerprint density at radius 3 is 2.86 bits per heavy atom. The number of nitro benzene ring substituents is 1. The summed E-state index contributed by atoms with van der Waals surface area (Å²) in [4.78, 5) is 11.6. The van der Waals surface area contributed by atoms with Gasteiger partial charge in [-0.05, 0) is 34.6 Å². The van der Waals surface area contributed by atoms with Gasteiger partial charge in [-0.3, -0.25) is 10.1 Å². The van der Waals surface area contributed by atoms with E-state index in [4.69, 9.17) is 4.74 Å². The van der Waals surface area contributed by atoms with E-state index in [1.54, 1.807) is 23.5 Å². The lowest BCUT2D eigenvalue weighted by atomic mass is 10.1. The molecule has 0 aliphatic rings. The molecule has 7 heteroatoms. The van der Waals surface area contributed by atoms with Crippen LogP contribution in [0.3, 0.4) is 0 Å². The Balaban J connectivity index is 2.14. The zero-order valence-electron chi connectivity index (χ0n) is 11.5. The molecule has 5 nitrogen and oxygen atoms in total. The van der Waals surface area contributed by atoms with Crippen molar-refractivity contribution in [2.75, 3.05) is 6.54 Å². The molecule has 0 saturated carbocycles. The monoisotopic (exact) mass is 370 g/mol. The van der Waals surface area contributed by atoms with Gasteiger partial charge in [0.15, 0.2) is 0 Å². The van der Waals surface area contributed by atoms with Crippen LogP contribution in [0.2, 0.25) is 0 Å². The van der Waals surface area contributed by atoms with Crippen LogP contribution in [-0.4, -0.2) is 11.5 Å². The Morgan fingerprint density at radius 2 is 2.24 bits per heavy atom. The van der Waals surface area contributed by atoms with Crippen molar-refractivity contribution in [3.05, 3.63) is 54.7 Å². The van der Waals surface area contributed by atoms with Gasteiger partial charge in [0.2, 0.25) is 0 Å². The Kier molecular flexibility index (Phi) is 5.72. The van der Waals surface area contributed by atoms with Gasteiger partial charge in [-0.2, -0.15) is 0 Å². The van der Waals surface area contributed by atoms with E-state index in [1.807, 2.05) is 18.4 Å². The molecule has 1 N–H and O–H groups in total. The SMILES string of the molecule is CCNCc1cc([N+](=O)[O-])ccc1OCc1cc(Br)cs1. The third kappa shape index (κ3) is 4.52. The van der Waals surface area contributed by atoms with Crippen molar-refractivity contribution in [3.8, 4) is 5.75 Å². The highest BCUT2D eigenvalue weighted by atomic mass is 79.9. The summed E-state index contributed by atoms with van der Waals surface area (Å²) >= 11 is 5.01. The summed E-state index contributed by atoms with van der Waals surface area (Å²) in [6.45, 7) is 3.77. The molecular weight excluding hydrogens is 356 g/mol. The smallest absolute Gasteiger partial charge is 0.270 e. The Hall–Kier alpha value is -1.44. The van der Waals surface area contributed by atoms with Crippen molar-refractivity contribution in [1.29, 1.82) is 0 Å². The molecule has 0 radical (unpaired) electrons. The van der Waals surface area contributed by atoms with Crippen LogP contribution in [-0.2, 0) is 13.2 Å². The van der Waals surface area contributed by atoms with Crippen LogP contribution in [0.15, 0.2) is 34.1 Å². The van der Waals surface area contributed by atoms with E-state index in [9.17, 15) is 10.1 Å². The second-order valence-electron chi connectivity index (χ2n) is 4.35. The zero-order chi connectivity index (χ0) is 15.2. The minimum absolute atomic E-state index is 0.0779. The molecule has 0 aliphatic carbocycles. The number of hydrogen-bond donors (Lipinski definition) is 1. The van der Waals surface area contributed by atoms with Crippen LogP contribution in [0, 0.1) is 10.1 Å². The molecule has 0 bridgehead atoms. The average molecular weight is 371 g/mol. The summed E-state index contributed by atoms with van der Waals surface area (Å²) in [6, 6.07) is 6.69. The number of hydrogen-bond acceptors (Lipinski definition) is 5. The van der Waals surface area contributed by atoms with Gasteiger partial charge in [0.05, 0.1) is 4.92 Å². The van der Waals surface area contributed by atoms with Gasteiger partial charge in [-0.15, -0.1) is 11.3 Å². The summed E-state index contributed by atoms with van der Waals surface area (Å²) in [5, 5.41) is 16.0. The summed E-state index contributed by atoms with van der Waals surface area (Å²) in [5.41, 5.74) is 0.871. The van der Waals surface area contributed by atoms with Crippen molar-refractivity contribution in [1.82, 2.24) is 5.32 Å². The number of rotatable bonds is 7. The standard InChI is InChI=1S/C14H15BrN2O3S/c1-2-16-7-10-5-12(17(18)19)3-4-14(10)20-8-13-6-11(15)9-21-13/h3-6,9,16H,2,7-8H2,1H3. The van der Waals surface area contributed by atoms with Gasteiger partial charge in [0.1, 0.15) is 12.4 Å². The topological polar surface area (TPSA) is 64.4 Å². The fourth-order valence-corrected chi connectivity index (χ4v) is 3.16. The largest absolute Gasteiger partial charge is 0.488 e. The first-order valence-corrected chi connectivity index (χ1v) is 8.11. The maximum atomic E-state index is 10.9. The van der Waals surface area contributed by atoms with Crippen LogP contribution in [0.25, 0.3) is 0 Å². The summed E-state index contributed by atoms with van der Waals surface area (Å²) in [5.74, 6) is 0.672. The third-order valence-corrected chi connectivity index (χ3v) is 4.48. The van der Waals surface area contributed by atoms with Crippen LogP contribution in [0.5, 0.6) is 5.75 Å². The summed E-state index contributed by atoms with van der Waals surface area (Å²) in [7, 11) is 0. The molecule has 0 atom stereocenters. The Bertz CT molecular complexity index is 630. The Morgan fingerprint density at radius 1 is 1.43 bits per heavy atom. The predicted octanol–water partition coefficient (Wildman–Crippen LogP) is 4.11. The molecule has 0 fully saturated rings. The van der Waals surface area contributed by atoms with Gasteiger partial charge in [-0.1, -0.05) is 6.92 Å². The van der Waals surface area contributed by atoms with E-state index in [-0.39, 0.29) is 5.69 Å². The lowest BCUT2D eigenvalue weighted by Crippen LogP contribution is -2.13. The number of nitrogens with zero attached hydrogens (tertiary/aromatic N) is 1. The molecule has 112 valence electrons. The summed E-state index contributed by atoms with van der Waals surface area (Å²) < 4.78 is 6.83. The van der Waals surface area contributed by atoms with Gasteiger partial charge in [0.25, 0.3) is 5.69 Å². The Labute approximate surface area is 135 Å². The lowest BCUT2D eigenvalue weighted by molar-refractivity contribution is -0.384. The maximum Gasteiger partial charge on any atom is 0.270 e. The molecule has 0 spiro atoms. The quantitative estimate of drug-likeness (QED) is 0.588. The maximum absolute atomic E-state index is 10.9. The molecule has 2 aromatic rings. The molecule has 0 aliphatic heterocycles. The highest BCUT2D eigenvalue weighted by Crippen LogP contribution is 2.26. The minimum Gasteiger partial charge on any atom is -0.488 e. The van der Waals surface area contributed by atoms with Crippen molar-refractivity contribution < 1.29 is 9.66 Å². The van der Waals surface area contributed by atoms with E-state index in [1.165, 1.54) is 6.07 Å². The second-order valence-corrected chi connectivity index (χ2v) is 6.26. The first kappa shape index (κ1) is 15.9. The minimum atomic E-state index is -0.393. The molecule has 0 unspecified atom stereocenters. The first-order valence-electron chi connectivity index (χ1n) is 6.44. The van der Waals surface area contributed by atoms with Crippen LogP contribution >= 0.6 is 27.3 Å². The fraction of sp³-hybridized carbons (Fsp3) is 0.286. The molecule has 2 rings (SSSR count). The van der Waals surface area contributed by atoms with E-state index < -0.39 is 4.92 Å². The van der Waals surface area contributed by atoms with Gasteiger partial charge in [0, 0.05) is 39.0 Å². The zero-order valence-corrected chi connectivity index (χ0v) is 13.9. The highest BCUT2D eigenvalue weighted by Gasteiger charge is 2.12.